The normalized spacial score (nSPS) is 11.6. The number of aromatic amines is 1. The molecular weight excluding hydrogens is 374 g/mol. The molecule has 0 aliphatic heterocycles. The second kappa shape index (κ2) is 6.35. The van der Waals surface area contributed by atoms with E-state index in [1.165, 1.54) is 11.3 Å². The standard InChI is InChI=1S/C15H13N7O2S2/c1-26(23,24)22-13-4-2-3-12(18-13)14-20-21-15(25-14)17-10-5-6-11-9(7-10)8-16-19-11/h2-8H,1H3,(H,16,19)(H,17,21)(H,18,22). The van der Waals surface area contributed by atoms with Crippen molar-refractivity contribution >= 4 is 48.9 Å². The molecule has 0 aliphatic rings. The van der Waals surface area contributed by atoms with Crippen LogP contribution in [0.1, 0.15) is 0 Å². The van der Waals surface area contributed by atoms with Gasteiger partial charge in [-0.05, 0) is 30.3 Å². The first-order valence-electron chi connectivity index (χ1n) is 7.45. The van der Waals surface area contributed by atoms with Crippen LogP contribution in [0.15, 0.2) is 42.6 Å². The summed E-state index contributed by atoms with van der Waals surface area (Å²) in [6, 6.07) is 10.8. The van der Waals surface area contributed by atoms with Gasteiger partial charge in [0.05, 0.1) is 18.0 Å². The van der Waals surface area contributed by atoms with Crippen molar-refractivity contribution in [2.24, 2.45) is 0 Å². The van der Waals surface area contributed by atoms with Crippen LogP contribution < -0.4 is 10.0 Å². The lowest BCUT2D eigenvalue weighted by molar-refractivity contribution is 0.606. The van der Waals surface area contributed by atoms with E-state index in [4.69, 9.17) is 0 Å². The van der Waals surface area contributed by atoms with Gasteiger partial charge in [0.15, 0.2) is 5.01 Å². The number of pyridine rings is 1. The highest BCUT2D eigenvalue weighted by Crippen LogP contribution is 2.28. The maximum Gasteiger partial charge on any atom is 0.230 e. The largest absolute Gasteiger partial charge is 0.330 e. The predicted octanol–water partition coefficient (Wildman–Crippen LogP) is 2.59. The number of rotatable bonds is 5. The second-order valence-electron chi connectivity index (χ2n) is 5.49. The SMILES string of the molecule is CS(=O)(=O)Nc1cccc(-c2nnc(Nc3ccc4[nH]ncc4c3)s2)n1. The molecule has 0 aliphatic carbocycles. The molecule has 3 heterocycles. The van der Waals surface area contributed by atoms with Crippen molar-refractivity contribution in [1.82, 2.24) is 25.4 Å². The highest BCUT2D eigenvalue weighted by atomic mass is 32.2. The van der Waals surface area contributed by atoms with Crippen LogP contribution in [0, 0.1) is 0 Å². The molecule has 0 fully saturated rings. The van der Waals surface area contributed by atoms with E-state index in [-0.39, 0.29) is 5.82 Å². The molecule has 4 aromatic rings. The summed E-state index contributed by atoms with van der Waals surface area (Å²) < 4.78 is 25.0. The number of nitrogens with zero attached hydrogens (tertiary/aromatic N) is 4. The molecule has 0 radical (unpaired) electrons. The summed E-state index contributed by atoms with van der Waals surface area (Å²) in [5, 5.41) is 20.5. The number of fused-ring (bicyclic) bond motifs is 1. The topological polar surface area (TPSA) is 126 Å². The molecule has 9 nitrogen and oxygen atoms in total. The van der Waals surface area contributed by atoms with E-state index in [2.05, 4.69) is 35.4 Å². The molecule has 0 spiro atoms. The molecule has 0 saturated heterocycles. The summed E-state index contributed by atoms with van der Waals surface area (Å²) in [6.07, 6.45) is 2.82. The van der Waals surface area contributed by atoms with Crippen molar-refractivity contribution in [3.63, 3.8) is 0 Å². The molecular formula is C15H13N7O2S2. The Hall–Kier alpha value is -3.05. The van der Waals surface area contributed by atoms with E-state index >= 15 is 0 Å². The zero-order valence-electron chi connectivity index (χ0n) is 13.5. The van der Waals surface area contributed by atoms with Crippen molar-refractivity contribution < 1.29 is 8.42 Å². The molecule has 0 bridgehead atoms. The average Bonchev–Trinajstić information content (AvgIpc) is 3.22. The van der Waals surface area contributed by atoms with Crippen LogP contribution in [-0.2, 0) is 10.0 Å². The number of benzene rings is 1. The molecule has 0 amide bonds. The zero-order chi connectivity index (χ0) is 18.1. The molecule has 4 rings (SSSR count). The van der Waals surface area contributed by atoms with Crippen molar-refractivity contribution in [1.29, 1.82) is 0 Å². The van der Waals surface area contributed by atoms with Crippen molar-refractivity contribution in [2.75, 3.05) is 16.3 Å². The van der Waals surface area contributed by atoms with Gasteiger partial charge in [-0.25, -0.2) is 13.4 Å². The molecule has 11 heteroatoms. The number of aromatic nitrogens is 5. The highest BCUT2D eigenvalue weighted by Gasteiger charge is 2.11. The van der Waals surface area contributed by atoms with Gasteiger partial charge in [0, 0.05) is 11.1 Å². The Morgan fingerprint density at radius 2 is 2.04 bits per heavy atom. The van der Waals surface area contributed by atoms with Crippen LogP contribution in [0.3, 0.4) is 0 Å². The third-order valence-corrected chi connectivity index (χ3v) is 4.82. The molecule has 3 N–H and O–H groups in total. The Morgan fingerprint density at radius 3 is 2.88 bits per heavy atom. The Morgan fingerprint density at radius 1 is 1.15 bits per heavy atom. The van der Waals surface area contributed by atoms with Gasteiger partial charge in [-0.1, -0.05) is 17.4 Å². The predicted molar refractivity (Wildman–Crippen MR) is 101 cm³/mol. The summed E-state index contributed by atoms with van der Waals surface area (Å²) in [4.78, 5) is 4.26. The lowest BCUT2D eigenvalue weighted by Crippen LogP contribution is -2.10. The fraction of sp³-hybridized carbons (Fsp3) is 0.0667. The van der Waals surface area contributed by atoms with Crippen molar-refractivity contribution in [2.45, 2.75) is 0 Å². The van der Waals surface area contributed by atoms with Gasteiger partial charge in [0.25, 0.3) is 0 Å². The number of H-pyrrole nitrogens is 1. The van der Waals surface area contributed by atoms with E-state index in [1.807, 2.05) is 18.2 Å². The van der Waals surface area contributed by atoms with Gasteiger partial charge in [-0.3, -0.25) is 9.82 Å². The number of sulfonamides is 1. The second-order valence-corrected chi connectivity index (χ2v) is 8.22. The van der Waals surface area contributed by atoms with Crippen molar-refractivity contribution in [3.05, 3.63) is 42.6 Å². The summed E-state index contributed by atoms with van der Waals surface area (Å²) in [7, 11) is -3.39. The highest BCUT2D eigenvalue weighted by molar-refractivity contribution is 7.92. The van der Waals surface area contributed by atoms with Gasteiger partial charge in [0.2, 0.25) is 15.2 Å². The first-order chi connectivity index (χ1) is 12.5. The van der Waals surface area contributed by atoms with E-state index in [1.54, 1.807) is 24.4 Å². The smallest absolute Gasteiger partial charge is 0.230 e. The molecule has 0 atom stereocenters. The van der Waals surface area contributed by atoms with Crippen LogP contribution in [0.25, 0.3) is 21.6 Å². The minimum atomic E-state index is -3.39. The fourth-order valence-electron chi connectivity index (χ4n) is 2.32. The molecule has 1 aromatic carbocycles. The molecule has 26 heavy (non-hydrogen) atoms. The van der Waals surface area contributed by atoms with Crippen LogP contribution >= 0.6 is 11.3 Å². The van der Waals surface area contributed by atoms with E-state index in [9.17, 15) is 8.42 Å². The molecule has 3 aromatic heterocycles. The Kier molecular flexibility index (Phi) is 4.01. The number of hydrogen-bond acceptors (Lipinski definition) is 8. The van der Waals surface area contributed by atoms with Crippen LogP contribution in [0.2, 0.25) is 0 Å². The third kappa shape index (κ3) is 3.63. The lowest BCUT2D eigenvalue weighted by Gasteiger charge is -2.03. The van der Waals surface area contributed by atoms with Gasteiger partial charge in [-0.15, -0.1) is 10.2 Å². The van der Waals surface area contributed by atoms with Gasteiger partial charge < -0.3 is 5.32 Å². The number of anilines is 3. The fourth-order valence-corrected chi connectivity index (χ4v) is 3.55. The molecule has 0 unspecified atom stereocenters. The van der Waals surface area contributed by atoms with E-state index < -0.39 is 10.0 Å². The third-order valence-electron chi connectivity index (χ3n) is 3.37. The molecule has 0 saturated carbocycles. The average molecular weight is 387 g/mol. The number of nitrogens with one attached hydrogen (secondary N) is 3. The van der Waals surface area contributed by atoms with E-state index in [0.29, 0.717) is 15.8 Å². The zero-order valence-corrected chi connectivity index (χ0v) is 15.1. The Bertz CT molecular complexity index is 1180. The van der Waals surface area contributed by atoms with Crippen LogP contribution in [-0.4, -0.2) is 40.1 Å². The van der Waals surface area contributed by atoms with Gasteiger partial charge in [0.1, 0.15) is 11.5 Å². The Balaban J connectivity index is 1.56. The van der Waals surface area contributed by atoms with Crippen LogP contribution in [0.4, 0.5) is 16.6 Å². The van der Waals surface area contributed by atoms with Crippen molar-refractivity contribution in [3.8, 4) is 10.7 Å². The van der Waals surface area contributed by atoms with Gasteiger partial charge >= 0.3 is 0 Å². The van der Waals surface area contributed by atoms with E-state index in [0.717, 1.165) is 22.8 Å². The molecule has 132 valence electrons. The maximum atomic E-state index is 11.3. The first-order valence-corrected chi connectivity index (χ1v) is 10.2. The van der Waals surface area contributed by atoms with Crippen LogP contribution in [0.5, 0.6) is 0 Å². The monoisotopic (exact) mass is 387 g/mol. The lowest BCUT2D eigenvalue weighted by atomic mass is 10.2. The maximum absolute atomic E-state index is 11.3. The number of hydrogen-bond donors (Lipinski definition) is 3. The first kappa shape index (κ1) is 16.4. The van der Waals surface area contributed by atoms with Gasteiger partial charge in [-0.2, -0.15) is 5.10 Å². The minimum Gasteiger partial charge on any atom is -0.330 e. The minimum absolute atomic E-state index is 0.236. The summed E-state index contributed by atoms with van der Waals surface area (Å²) in [6.45, 7) is 0. The summed E-state index contributed by atoms with van der Waals surface area (Å²) in [5.74, 6) is 0.236. The Labute approximate surface area is 152 Å². The quantitative estimate of drug-likeness (QED) is 0.480. The summed E-state index contributed by atoms with van der Waals surface area (Å²) in [5.41, 5.74) is 2.35. The summed E-state index contributed by atoms with van der Waals surface area (Å²) >= 11 is 1.32.